The lowest BCUT2D eigenvalue weighted by Crippen LogP contribution is -2.56. The number of piperidine rings is 1. The van der Waals surface area contributed by atoms with Crippen LogP contribution in [0.5, 0.6) is 0 Å². The summed E-state index contributed by atoms with van der Waals surface area (Å²) in [6.07, 6.45) is 1.06. The van der Waals surface area contributed by atoms with E-state index in [-0.39, 0.29) is 36.0 Å². The molecule has 4 aliphatic rings. The van der Waals surface area contributed by atoms with E-state index in [2.05, 4.69) is 27.1 Å². The number of anilines is 1. The molecule has 3 N–H and O–H groups in total. The second-order valence-electron chi connectivity index (χ2n) is 10.5. The van der Waals surface area contributed by atoms with Crippen molar-refractivity contribution in [1.82, 2.24) is 20.1 Å². The zero-order chi connectivity index (χ0) is 24.3. The third kappa shape index (κ3) is 3.87. The van der Waals surface area contributed by atoms with Gasteiger partial charge in [0, 0.05) is 37.0 Å². The highest BCUT2D eigenvalue weighted by Gasteiger charge is 2.51. The number of fused-ring (bicyclic) bond motifs is 2. The van der Waals surface area contributed by atoms with E-state index in [1.165, 1.54) is 4.31 Å². The van der Waals surface area contributed by atoms with Crippen molar-refractivity contribution in [3.8, 4) is 6.07 Å². The molecule has 1 amide bonds. The standard InChI is InChI=1S/C23H32N6O4S/c1-23(2,3)28-12-15-10-16(4-5-19(15)34(28,31)32)26-21-20-17(6-8-25-22(20)30)29(27-21)18-13-33-9-7-14(18)11-24/h4-5,10,14,17-18,20-21,26-27H,6-9,12-13H2,1-3H3,(H,25,30)/t14-,17?,18+,20?,21?/m1/s1. The molecule has 3 unspecified atom stereocenters. The predicted octanol–water partition coefficient (Wildman–Crippen LogP) is 0.981. The number of hydrazine groups is 1. The molecule has 4 heterocycles. The highest BCUT2D eigenvalue weighted by molar-refractivity contribution is 7.89. The number of nitrogens with zero attached hydrogens (tertiary/aromatic N) is 3. The van der Waals surface area contributed by atoms with Crippen LogP contribution in [0.3, 0.4) is 0 Å². The Kier molecular flexibility index (Phi) is 5.85. The zero-order valence-corrected chi connectivity index (χ0v) is 20.6. The molecule has 1 aromatic carbocycles. The van der Waals surface area contributed by atoms with Gasteiger partial charge in [0.25, 0.3) is 0 Å². The summed E-state index contributed by atoms with van der Waals surface area (Å²) in [5.41, 5.74) is 4.43. The van der Waals surface area contributed by atoms with E-state index in [4.69, 9.17) is 4.74 Å². The van der Waals surface area contributed by atoms with Gasteiger partial charge in [-0.05, 0) is 57.4 Å². The molecule has 184 valence electrons. The summed E-state index contributed by atoms with van der Waals surface area (Å²) < 4.78 is 33.2. The van der Waals surface area contributed by atoms with E-state index in [1.54, 1.807) is 12.1 Å². The fraction of sp³-hybridized carbons (Fsp3) is 0.652. The number of rotatable bonds is 3. The van der Waals surface area contributed by atoms with Crippen LogP contribution < -0.4 is 16.1 Å². The lowest BCUT2D eigenvalue weighted by atomic mass is 9.88. The molecule has 0 aromatic heterocycles. The fourth-order valence-electron chi connectivity index (χ4n) is 5.63. The largest absolute Gasteiger partial charge is 0.380 e. The van der Waals surface area contributed by atoms with Gasteiger partial charge in [-0.1, -0.05) is 0 Å². The van der Waals surface area contributed by atoms with Crippen LogP contribution in [0.2, 0.25) is 0 Å². The van der Waals surface area contributed by atoms with Crippen LogP contribution >= 0.6 is 0 Å². The minimum atomic E-state index is -3.54. The number of sulfonamides is 1. The first-order chi connectivity index (χ1) is 16.1. The maximum absolute atomic E-state index is 13.0. The van der Waals surface area contributed by atoms with Crippen molar-refractivity contribution in [1.29, 1.82) is 5.26 Å². The molecule has 0 spiro atoms. The van der Waals surface area contributed by atoms with Crippen LogP contribution in [0.1, 0.15) is 39.2 Å². The van der Waals surface area contributed by atoms with Gasteiger partial charge in [0.15, 0.2) is 0 Å². The van der Waals surface area contributed by atoms with Crippen LogP contribution in [0, 0.1) is 23.2 Å². The molecule has 0 bridgehead atoms. The Morgan fingerprint density at radius 1 is 1.24 bits per heavy atom. The second kappa shape index (κ2) is 8.46. The van der Waals surface area contributed by atoms with Crippen molar-refractivity contribution in [3.05, 3.63) is 23.8 Å². The number of carbonyl (C=O) groups excluding carboxylic acids is 1. The first-order valence-corrected chi connectivity index (χ1v) is 13.3. The van der Waals surface area contributed by atoms with Gasteiger partial charge >= 0.3 is 0 Å². The second-order valence-corrected chi connectivity index (χ2v) is 12.3. The minimum Gasteiger partial charge on any atom is -0.380 e. The topological polar surface area (TPSA) is 127 Å². The first-order valence-electron chi connectivity index (χ1n) is 11.8. The molecule has 5 rings (SSSR count). The van der Waals surface area contributed by atoms with Crippen molar-refractivity contribution in [2.75, 3.05) is 25.1 Å². The number of nitrogens with one attached hydrogen (secondary N) is 3. The number of carbonyl (C=O) groups is 1. The normalized spacial score (nSPS) is 33.6. The smallest absolute Gasteiger partial charge is 0.244 e. The Morgan fingerprint density at radius 2 is 2.03 bits per heavy atom. The van der Waals surface area contributed by atoms with Crippen LogP contribution in [0.4, 0.5) is 5.69 Å². The maximum atomic E-state index is 13.0. The van der Waals surface area contributed by atoms with Crippen LogP contribution in [-0.4, -0.2) is 67.2 Å². The van der Waals surface area contributed by atoms with E-state index >= 15 is 0 Å². The van der Waals surface area contributed by atoms with Crippen molar-refractivity contribution in [3.63, 3.8) is 0 Å². The number of nitriles is 1. The molecule has 0 radical (unpaired) electrons. The summed E-state index contributed by atoms with van der Waals surface area (Å²) in [7, 11) is -3.54. The molecule has 0 saturated carbocycles. The Hall–Kier alpha value is -2.23. The highest BCUT2D eigenvalue weighted by Crippen LogP contribution is 2.38. The van der Waals surface area contributed by atoms with E-state index in [0.717, 1.165) is 17.7 Å². The van der Waals surface area contributed by atoms with Gasteiger partial charge in [0.05, 0.1) is 35.4 Å². The fourth-order valence-corrected chi connectivity index (χ4v) is 7.59. The minimum absolute atomic E-state index is 0.0309. The number of ether oxygens (including phenoxy) is 1. The Labute approximate surface area is 200 Å². The number of hydrogen-bond donors (Lipinski definition) is 3. The lowest BCUT2D eigenvalue weighted by molar-refractivity contribution is -0.128. The summed E-state index contributed by atoms with van der Waals surface area (Å²) in [6.45, 7) is 7.59. The molecular formula is C23H32N6O4S. The average molecular weight is 489 g/mol. The quantitative estimate of drug-likeness (QED) is 0.575. The molecular weight excluding hydrogens is 456 g/mol. The molecule has 3 saturated heterocycles. The monoisotopic (exact) mass is 488 g/mol. The van der Waals surface area contributed by atoms with Gasteiger partial charge in [-0.25, -0.2) is 18.9 Å². The number of benzene rings is 1. The Bertz CT molecular complexity index is 1130. The van der Waals surface area contributed by atoms with Crippen molar-refractivity contribution < 1.29 is 17.9 Å². The third-order valence-corrected chi connectivity index (χ3v) is 9.53. The Morgan fingerprint density at radius 3 is 2.76 bits per heavy atom. The summed E-state index contributed by atoms with van der Waals surface area (Å²) >= 11 is 0. The molecule has 0 aliphatic carbocycles. The van der Waals surface area contributed by atoms with Gasteiger partial charge in [0.2, 0.25) is 15.9 Å². The van der Waals surface area contributed by atoms with Crippen LogP contribution in [0.15, 0.2) is 23.1 Å². The van der Waals surface area contributed by atoms with Crippen molar-refractivity contribution in [2.45, 2.75) is 68.8 Å². The summed E-state index contributed by atoms with van der Waals surface area (Å²) in [6, 6.07) is 7.48. The van der Waals surface area contributed by atoms with Gasteiger partial charge in [-0.15, -0.1) is 0 Å². The van der Waals surface area contributed by atoms with E-state index < -0.39 is 15.6 Å². The Balaban J connectivity index is 1.41. The van der Waals surface area contributed by atoms with E-state index in [1.807, 2.05) is 26.8 Å². The molecule has 4 aliphatic heterocycles. The van der Waals surface area contributed by atoms with Gasteiger partial charge < -0.3 is 15.4 Å². The van der Waals surface area contributed by atoms with E-state index in [0.29, 0.717) is 37.6 Å². The number of amides is 1. The molecule has 1 aromatic rings. The molecule has 34 heavy (non-hydrogen) atoms. The van der Waals surface area contributed by atoms with Gasteiger partial charge in [-0.2, -0.15) is 9.57 Å². The van der Waals surface area contributed by atoms with Crippen molar-refractivity contribution in [2.24, 2.45) is 11.8 Å². The lowest BCUT2D eigenvalue weighted by Gasteiger charge is -2.39. The third-order valence-electron chi connectivity index (χ3n) is 7.32. The predicted molar refractivity (Wildman–Crippen MR) is 125 cm³/mol. The van der Waals surface area contributed by atoms with Gasteiger partial charge in [-0.3, -0.25) is 4.79 Å². The molecule has 10 nitrogen and oxygen atoms in total. The average Bonchev–Trinajstić information content (AvgIpc) is 3.29. The summed E-state index contributed by atoms with van der Waals surface area (Å²) in [5, 5.41) is 18.1. The van der Waals surface area contributed by atoms with Crippen LogP contribution in [0.25, 0.3) is 0 Å². The maximum Gasteiger partial charge on any atom is 0.244 e. The highest BCUT2D eigenvalue weighted by atomic mass is 32.2. The summed E-state index contributed by atoms with van der Waals surface area (Å²) in [4.78, 5) is 13.2. The molecule has 5 atom stereocenters. The van der Waals surface area contributed by atoms with E-state index in [9.17, 15) is 18.5 Å². The molecule has 11 heteroatoms. The summed E-state index contributed by atoms with van der Waals surface area (Å²) in [5.74, 6) is -0.547. The van der Waals surface area contributed by atoms with Crippen LogP contribution in [-0.2, 0) is 26.1 Å². The van der Waals surface area contributed by atoms with Crippen molar-refractivity contribution >= 4 is 21.6 Å². The molecule has 3 fully saturated rings. The SMILES string of the molecule is CC(C)(C)N1Cc2cc(NC3NN([C@H]4COCC[C@@H]4C#N)C4CCNC(=O)C34)ccc2S1(=O)=O. The number of hydrogen-bond acceptors (Lipinski definition) is 8. The van der Waals surface area contributed by atoms with Gasteiger partial charge in [0.1, 0.15) is 6.17 Å². The zero-order valence-electron chi connectivity index (χ0n) is 19.7. The first kappa shape index (κ1) is 23.5.